The van der Waals surface area contributed by atoms with Crippen LogP contribution in [-0.2, 0) is 0 Å². The average Bonchev–Trinajstić information content (AvgIpc) is 2.13. The molecule has 0 spiro atoms. The van der Waals surface area contributed by atoms with Crippen LogP contribution in [0.3, 0.4) is 0 Å². The number of aliphatic imine (C=N–C) groups is 1. The maximum absolute atomic E-state index is 5.69. The maximum atomic E-state index is 5.69. The number of rotatable bonds is 6. The van der Waals surface area contributed by atoms with E-state index in [4.69, 9.17) is 5.73 Å². The highest BCUT2D eigenvalue weighted by molar-refractivity contribution is 5.25. The average molecular weight is 240 g/mol. The molecular formula is C11H24N6. The summed E-state index contributed by atoms with van der Waals surface area (Å²) < 4.78 is 0. The minimum Gasteiger partial charge on any atom is -0.306 e. The summed E-state index contributed by atoms with van der Waals surface area (Å²) in [6.07, 6.45) is 0. The van der Waals surface area contributed by atoms with E-state index in [1.54, 1.807) is 13.8 Å². The fraction of sp³-hybridized carbons (Fsp3) is 0.909. The molecule has 0 aromatic carbocycles. The summed E-state index contributed by atoms with van der Waals surface area (Å²) in [6, 6.07) is 0. The van der Waals surface area contributed by atoms with Gasteiger partial charge >= 0.3 is 0 Å². The molecule has 6 heteroatoms. The Labute approximate surface area is 104 Å². The van der Waals surface area contributed by atoms with E-state index in [0.717, 1.165) is 0 Å². The Kier molecular flexibility index (Phi) is 5.07. The van der Waals surface area contributed by atoms with Crippen molar-refractivity contribution in [3.63, 3.8) is 0 Å². The van der Waals surface area contributed by atoms with Gasteiger partial charge in [0.25, 0.3) is 0 Å². The van der Waals surface area contributed by atoms with Gasteiger partial charge in [0, 0.05) is 0 Å². The van der Waals surface area contributed by atoms with E-state index in [1.807, 2.05) is 27.7 Å². The lowest BCUT2D eigenvalue weighted by Crippen LogP contribution is -2.29. The first-order valence-corrected chi connectivity index (χ1v) is 5.57. The van der Waals surface area contributed by atoms with E-state index in [-0.39, 0.29) is 0 Å². The van der Waals surface area contributed by atoms with E-state index >= 15 is 0 Å². The first-order valence-electron chi connectivity index (χ1n) is 5.57. The van der Waals surface area contributed by atoms with Crippen molar-refractivity contribution in [1.29, 1.82) is 0 Å². The third-order valence-corrected chi connectivity index (χ3v) is 1.74. The van der Waals surface area contributed by atoms with E-state index in [2.05, 4.69) is 32.2 Å². The molecule has 0 bridgehead atoms. The minimum atomic E-state index is -0.644. The molecule has 0 radical (unpaired) electrons. The largest absolute Gasteiger partial charge is 0.306 e. The minimum absolute atomic E-state index is 0.420. The van der Waals surface area contributed by atoms with E-state index in [9.17, 15) is 0 Å². The lowest BCUT2D eigenvalue weighted by molar-refractivity contribution is 0.421. The lowest BCUT2D eigenvalue weighted by atomic mass is 10.1. The van der Waals surface area contributed by atoms with Gasteiger partial charge in [0.05, 0.1) is 12.1 Å². The highest BCUT2D eigenvalue weighted by Crippen LogP contribution is 2.17. The molecule has 0 aromatic rings. The van der Waals surface area contributed by atoms with Crippen molar-refractivity contribution < 1.29 is 0 Å². The third kappa shape index (κ3) is 8.62. The van der Waals surface area contributed by atoms with Gasteiger partial charge in [0.15, 0.2) is 5.66 Å². The summed E-state index contributed by atoms with van der Waals surface area (Å²) in [5.41, 5.74) is 4.03. The third-order valence-electron chi connectivity index (χ3n) is 1.74. The van der Waals surface area contributed by atoms with Crippen LogP contribution >= 0.6 is 0 Å². The summed E-state index contributed by atoms with van der Waals surface area (Å²) in [7, 11) is 0. The summed E-state index contributed by atoms with van der Waals surface area (Å²) in [6.45, 7) is 15.0. The second-order valence-electron chi connectivity index (χ2n) is 5.72. The summed E-state index contributed by atoms with van der Waals surface area (Å²) in [4.78, 5) is 3.86. The van der Waals surface area contributed by atoms with Gasteiger partial charge in [-0.25, -0.2) is 0 Å². The Morgan fingerprint density at radius 3 is 1.88 bits per heavy atom. The Hall–Kier alpha value is -1.17. The molecule has 98 valence electrons. The van der Waals surface area contributed by atoms with Crippen molar-refractivity contribution in [1.82, 2.24) is 0 Å². The van der Waals surface area contributed by atoms with Crippen molar-refractivity contribution in [3.8, 4) is 0 Å². The van der Waals surface area contributed by atoms with E-state index in [0.29, 0.717) is 6.54 Å². The monoisotopic (exact) mass is 240 g/mol. The first-order chi connectivity index (χ1) is 7.47. The van der Waals surface area contributed by atoms with Crippen LogP contribution in [0.2, 0.25) is 0 Å². The number of nitrogens with two attached hydrogens (primary N) is 1. The Balaban J connectivity index is 4.50. The topological polar surface area (TPSA) is 87.8 Å². The van der Waals surface area contributed by atoms with Crippen LogP contribution < -0.4 is 5.73 Å². The van der Waals surface area contributed by atoms with Crippen LogP contribution in [0, 0.1) is 0 Å². The summed E-state index contributed by atoms with van der Waals surface area (Å²) >= 11 is 0. The van der Waals surface area contributed by atoms with Crippen LogP contribution in [0.4, 0.5) is 0 Å². The molecule has 0 aliphatic rings. The predicted molar refractivity (Wildman–Crippen MR) is 70.6 cm³/mol. The van der Waals surface area contributed by atoms with Gasteiger partial charge in [-0.2, -0.15) is 20.5 Å². The van der Waals surface area contributed by atoms with Crippen molar-refractivity contribution in [2.75, 3.05) is 6.54 Å². The number of azo groups is 2. The molecular weight excluding hydrogens is 216 g/mol. The summed E-state index contributed by atoms with van der Waals surface area (Å²) in [5.74, 6) is 0. The predicted octanol–water partition coefficient (Wildman–Crippen LogP) is 2.80. The van der Waals surface area contributed by atoms with E-state index in [1.165, 1.54) is 0 Å². The van der Waals surface area contributed by atoms with Crippen LogP contribution in [0.5, 0.6) is 0 Å². The van der Waals surface area contributed by atoms with Crippen molar-refractivity contribution >= 4 is 6.72 Å². The highest BCUT2D eigenvalue weighted by Gasteiger charge is 2.20. The van der Waals surface area contributed by atoms with Crippen molar-refractivity contribution in [2.45, 2.75) is 58.4 Å². The molecule has 0 saturated carbocycles. The second kappa shape index (κ2) is 5.44. The summed E-state index contributed by atoms with van der Waals surface area (Å²) in [5, 5.41) is 16.4. The molecule has 0 saturated heterocycles. The standard InChI is InChI=1S/C11H24N6/c1-9(2,8-14-16-10(3,4)12)15-17-11(5,6)13-7/h7-8,12H2,1-6H3. The highest BCUT2D eigenvalue weighted by atomic mass is 15.3. The zero-order chi connectivity index (χ0) is 13.7. The van der Waals surface area contributed by atoms with Crippen LogP contribution in [-0.4, -0.2) is 30.1 Å². The number of nitrogens with zero attached hydrogens (tertiary/aromatic N) is 5. The molecule has 0 amide bonds. The van der Waals surface area contributed by atoms with Crippen molar-refractivity contribution in [2.24, 2.45) is 31.2 Å². The maximum Gasteiger partial charge on any atom is 0.164 e. The molecule has 0 aliphatic carbocycles. The quantitative estimate of drug-likeness (QED) is 0.561. The van der Waals surface area contributed by atoms with Gasteiger partial charge in [-0.1, -0.05) is 0 Å². The zero-order valence-electron chi connectivity index (χ0n) is 11.7. The molecule has 0 heterocycles. The molecule has 0 rings (SSSR count). The van der Waals surface area contributed by atoms with Crippen LogP contribution in [0.15, 0.2) is 25.4 Å². The number of hydrogen-bond donors (Lipinski definition) is 1. The molecule has 17 heavy (non-hydrogen) atoms. The smallest absolute Gasteiger partial charge is 0.164 e. The van der Waals surface area contributed by atoms with Gasteiger partial charge in [-0.15, -0.1) is 0 Å². The van der Waals surface area contributed by atoms with Crippen molar-refractivity contribution in [3.05, 3.63) is 0 Å². The number of hydrogen-bond acceptors (Lipinski definition) is 6. The van der Waals surface area contributed by atoms with Gasteiger partial charge in [0.2, 0.25) is 0 Å². The fourth-order valence-electron chi connectivity index (χ4n) is 0.712. The van der Waals surface area contributed by atoms with Gasteiger partial charge in [0.1, 0.15) is 5.66 Å². The zero-order valence-corrected chi connectivity index (χ0v) is 11.7. The molecule has 0 aromatic heterocycles. The molecule has 6 nitrogen and oxygen atoms in total. The molecule has 0 atom stereocenters. The SMILES string of the molecule is C=NC(C)(C)N=NC(C)(C)CN=NC(C)(C)N. The van der Waals surface area contributed by atoms with Gasteiger partial charge < -0.3 is 5.73 Å². The van der Waals surface area contributed by atoms with Gasteiger partial charge in [-0.3, -0.25) is 4.99 Å². The fourth-order valence-corrected chi connectivity index (χ4v) is 0.712. The Morgan fingerprint density at radius 1 is 0.941 bits per heavy atom. The Bertz CT molecular complexity index is 308. The molecule has 0 fully saturated rings. The van der Waals surface area contributed by atoms with E-state index < -0.39 is 16.9 Å². The lowest BCUT2D eigenvalue weighted by Gasteiger charge is -2.19. The van der Waals surface area contributed by atoms with Gasteiger partial charge in [-0.05, 0) is 48.3 Å². The normalized spacial score (nSPS) is 14.8. The molecule has 0 unspecified atom stereocenters. The van der Waals surface area contributed by atoms with Crippen LogP contribution in [0.25, 0.3) is 0 Å². The Morgan fingerprint density at radius 2 is 1.47 bits per heavy atom. The second-order valence-corrected chi connectivity index (χ2v) is 5.72. The first kappa shape index (κ1) is 15.8. The molecule has 0 aliphatic heterocycles. The van der Waals surface area contributed by atoms with Crippen LogP contribution in [0.1, 0.15) is 41.5 Å². The molecule has 2 N–H and O–H groups in total.